The smallest absolute Gasteiger partial charge is 0.208 e. The Bertz CT molecular complexity index is 664. The monoisotopic (exact) mass is 382 g/mol. The molecule has 1 aliphatic heterocycles. The van der Waals surface area contributed by atoms with Crippen molar-refractivity contribution in [1.29, 1.82) is 0 Å². The van der Waals surface area contributed by atoms with Crippen LogP contribution in [0.25, 0.3) is 0 Å². The molecule has 1 aromatic rings. The van der Waals surface area contributed by atoms with Crippen molar-refractivity contribution in [3.8, 4) is 0 Å². The summed E-state index contributed by atoms with van der Waals surface area (Å²) in [5, 5.41) is 3.28. The molecule has 0 aromatic heterocycles. The van der Waals surface area contributed by atoms with Gasteiger partial charge in [-0.25, -0.2) is 13.1 Å². The Balaban J connectivity index is 1.76. The molecule has 146 valence electrons. The predicted molar refractivity (Wildman–Crippen MR) is 105 cm³/mol. The number of aliphatic imine (C=N–C) groups is 1. The van der Waals surface area contributed by atoms with Crippen LogP contribution in [0.3, 0.4) is 0 Å². The Labute approximate surface area is 156 Å². The molecule has 0 spiro atoms. The summed E-state index contributed by atoms with van der Waals surface area (Å²) in [5.41, 5.74) is 1.19. The third-order valence-electron chi connectivity index (χ3n) is 4.12. The molecule has 1 saturated heterocycles. The first-order valence-corrected chi connectivity index (χ1v) is 11.0. The molecule has 0 saturated carbocycles. The molecule has 1 fully saturated rings. The van der Waals surface area contributed by atoms with E-state index in [1.807, 2.05) is 25.1 Å². The first-order chi connectivity index (χ1) is 12.5. The van der Waals surface area contributed by atoms with Gasteiger partial charge >= 0.3 is 0 Å². The molecule has 7 nitrogen and oxygen atoms in total. The van der Waals surface area contributed by atoms with Gasteiger partial charge in [-0.2, -0.15) is 0 Å². The van der Waals surface area contributed by atoms with E-state index in [0.717, 1.165) is 44.9 Å². The van der Waals surface area contributed by atoms with Gasteiger partial charge in [0, 0.05) is 32.1 Å². The van der Waals surface area contributed by atoms with E-state index in [1.165, 1.54) is 5.56 Å². The van der Waals surface area contributed by atoms with Crippen LogP contribution in [0.1, 0.15) is 18.9 Å². The van der Waals surface area contributed by atoms with Gasteiger partial charge in [-0.3, -0.25) is 4.99 Å². The quantitative estimate of drug-likeness (QED) is 0.379. The normalized spacial score (nSPS) is 18.3. The molecule has 0 radical (unpaired) electrons. The SMILES string of the molecule is CCNC(=NCCNS(C)(=O)=O)N1CCC(COCc2ccccc2)C1. The lowest BCUT2D eigenvalue weighted by Crippen LogP contribution is -2.40. The van der Waals surface area contributed by atoms with Crippen LogP contribution in [0.15, 0.2) is 35.3 Å². The molecule has 8 heteroatoms. The molecular formula is C18H30N4O3S. The summed E-state index contributed by atoms with van der Waals surface area (Å²) in [6.07, 6.45) is 2.23. The first-order valence-electron chi connectivity index (χ1n) is 9.07. The highest BCUT2D eigenvalue weighted by Crippen LogP contribution is 2.17. The van der Waals surface area contributed by atoms with Crippen LogP contribution in [0.4, 0.5) is 0 Å². The highest BCUT2D eigenvalue weighted by atomic mass is 32.2. The fourth-order valence-corrected chi connectivity index (χ4v) is 3.36. The summed E-state index contributed by atoms with van der Waals surface area (Å²) in [5.74, 6) is 1.32. The number of likely N-dealkylation sites (tertiary alicyclic amines) is 1. The van der Waals surface area contributed by atoms with Gasteiger partial charge in [-0.05, 0) is 18.9 Å². The summed E-state index contributed by atoms with van der Waals surface area (Å²) in [4.78, 5) is 6.75. The average molecular weight is 383 g/mol. The van der Waals surface area contributed by atoms with E-state index >= 15 is 0 Å². The number of benzene rings is 1. The van der Waals surface area contributed by atoms with E-state index in [0.29, 0.717) is 25.6 Å². The average Bonchev–Trinajstić information content (AvgIpc) is 3.06. The topological polar surface area (TPSA) is 83.0 Å². The zero-order valence-electron chi connectivity index (χ0n) is 15.6. The van der Waals surface area contributed by atoms with Gasteiger partial charge in [-0.1, -0.05) is 30.3 Å². The first kappa shape index (κ1) is 20.7. The Morgan fingerprint density at radius 2 is 2.12 bits per heavy atom. The van der Waals surface area contributed by atoms with Gasteiger partial charge in [0.15, 0.2) is 5.96 Å². The van der Waals surface area contributed by atoms with Crippen molar-refractivity contribution >= 4 is 16.0 Å². The molecule has 2 N–H and O–H groups in total. The van der Waals surface area contributed by atoms with Crippen LogP contribution in [0, 0.1) is 5.92 Å². The van der Waals surface area contributed by atoms with E-state index < -0.39 is 10.0 Å². The standard InChI is InChI=1S/C18H30N4O3S/c1-3-19-18(20-10-11-21-26(2,23)24)22-12-9-17(13-22)15-25-14-16-7-5-4-6-8-16/h4-8,17,21H,3,9-15H2,1-2H3,(H,19,20). The maximum Gasteiger partial charge on any atom is 0.208 e. The van der Waals surface area contributed by atoms with E-state index in [1.54, 1.807) is 0 Å². The minimum Gasteiger partial charge on any atom is -0.376 e. The van der Waals surface area contributed by atoms with Crippen molar-refractivity contribution in [1.82, 2.24) is 14.9 Å². The summed E-state index contributed by atoms with van der Waals surface area (Å²) < 4.78 is 30.5. The van der Waals surface area contributed by atoms with Gasteiger partial charge in [0.25, 0.3) is 0 Å². The Kier molecular flexibility index (Phi) is 8.34. The largest absolute Gasteiger partial charge is 0.376 e. The van der Waals surface area contributed by atoms with Crippen molar-refractivity contribution in [2.24, 2.45) is 10.9 Å². The number of guanidine groups is 1. The van der Waals surface area contributed by atoms with Crippen LogP contribution >= 0.6 is 0 Å². The van der Waals surface area contributed by atoms with E-state index in [-0.39, 0.29) is 0 Å². The second kappa shape index (κ2) is 10.5. The van der Waals surface area contributed by atoms with E-state index in [9.17, 15) is 8.42 Å². The zero-order chi connectivity index (χ0) is 18.8. The van der Waals surface area contributed by atoms with Crippen molar-refractivity contribution in [2.45, 2.75) is 20.0 Å². The van der Waals surface area contributed by atoms with Crippen LogP contribution < -0.4 is 10.0 Å². The lowest BCUT2D eigenvalue weighted by Gasteiger charge is -2.21. The zero-order valence-corrected chi connectivity index (χ0v) is 16.5. The molecule has 0 aliphatic carbocycles. The predicted octanol–water partition coefficient (Wildman–Crippen LogP) is 1.04. The number of rotatable bonds is 9. The van der Waals surface area contributed by atoms with Crippen molar-refractivity contribution in [3.05, 3.63) is 35.9 Å². The van der Waals surface area contributed by atoms with Gasteiger partial charge < -0.3 is 15.0 Å². The fourth-order valence-electron chi connectivity index (χ4n) is 2.90. The van der Waals surface area contributed by atoms with E-state index in [4.69, 9.17) is 4.74 Å². The minimum atomic E-state index is -3.17. The van der Waals surface area contributed by atoms with Crippen molar-refractivity contribution < 1.29 is 13.2 Å². The van der Waals surface area contributed by atoms with Crippen LogP contribution in [-0.2, 0) is 21.4 Å². The van der Waals surface area contributed by atoms with Gasteiger partial charge in [0.2, 0.25) is 10.0 Å². The maximum absolute atomic E-state index is 11.1. The maximum atomic E-state index is 11.1. The molecule has 1 aromatic carbocycles. The number of ether oxygens (including phenoxy) is 1. The fraction of sp³-hybridized carbons (Fsp3) is 0.611. The molecule has 1 atom stereocenters. The Morgan fingerprint density at radius 3 is 2.81 bits per heavy atom. The molecule has 0 bridgehead atoms. The molecule has 1 unspecified atom stereocenters. The molecule has 26 heavy (non-hydrogen) atoms. The van der Waals surface area contributed by atoms with Gasteiger partial charge in [-0.15, -0.1) is 0 Å². The van der Waals surface area contributed by atoms with Crippen LogP contribution in [0.2, 0.25) is 0 Å². The second-order valence-electron chi connectivity index (χ2n) is 6.50. The van der Waals surface area contributed by atoms with Crippen LogP contribution in [-0.4, -0.2) is 64.9 Å². The molecule has 1 heterocycles. The second-order valence-corrected chi connectivity index (χ2v) is 8.34. The van der Waals surface area contributed by atoms with Crippen molar-refractivity contribution in [2.75, 3.05) is 45.6 Å². The summed E-state index contributed by atoms with van der Waals surface area (Å²) in [7, 11) is -3.17. The highest BCUT2D eigenvalue weighted by Gasteiger charge is 2.24. The summed E-state index contributed by atoms with van der Waals surface area (Å²) >= 11 is 0. The van der Waals surface area contributed by atoms with Gasteiger partial charge in [0.1, 0.15) is 0 Å². The number of nitrogens with zero attached hydrogens (tertiary/aromatic N) is 2. The third-order valence-corrected chi connectivity index (χ3v) is 4.85. The number of hydrogen-bond acceptors (Lipinski definition) is 4. The number of hydrogen-bond donors (Lipinski definition) is 2. The lowest BCUT2D eigenvalue weighted by atomic mass is 10.1. The minimum absolute atomic E-state index is 0.311. The Morgan fingerprint density at radius 1 is 1.35 bits per heavy atom. The number of nitrogens with one attached hydrogen (secondary N) is 2. The van der Waals surface area contributed by atoms with Crippen molar-refractivity contribution in [3.63, 3.8) is 0 Å². The molecule has 2 rings (SSSR count). The highest BCUT2D eigenvalue weighted by molar-refractivity contribution is 7.88. The van der Waals surface area contributed by atoms with E-state index in [2.05, 4.69) is 32.1 Å². The Hall–Kier alpha value is -1.64. The van der Waals surface area contributed by atoms with Crippen LogP contribution in [0.5, 0.6) is 0 Å². The summed E-state index contributed by atoms with van der Waals surface area (Å²) in [6, 6.07) is 10.2. The molecule has 1 aliphatic rings. The van der Waals surface area contributed by atoms with Gasteiger partial charge in [0.05, 0.1) is 26.0 Å². The third kappa shape index (κ3) is 7.72. The molecular weight excluding hydrogens is 352 g/mol. The summed E-state index contributed by atoms with van der Waals surface area (Å²) in [6.45, 7) is 6.75. The molecule has 0 amide bonds. The lowest BCUT2D eigenvalue weighted by molar-refractivity contribution is 0.0907. The number of sulfonamides is 1.